The second-order valence-corrected chi connectivity index (χ2v) is 7.20. The smallest absolute Gasteiger partial charge is 0.335 e. The van der Waals surface area contributed by atoms with Gasteiger partial charge in [-0.05, 0) is 54.2 Å². The lowest BCUT2D eigenvalue weighted by Gasteiger charge is -2.34. The predicted molar refractivity (Wildman–Crippen MR) is 108 cm³/mol. The number of carboxylic acids is 1. The van der Waals surface area contributed by atoms with Gasteiger partial charge >= 0.3 is 12.0 Å². The van der Waals surface area contributed by atoms with Crippen molar-refractivity contribution in [1.29, 1.82) is 0 Å². The Morgan fingerprint density at radius 3 is 2.28 bits per heavy atom. The SMILES string of the molecule is COc1ccc(C(O)C2CCN(C(=O)NCc3ccc(C(=O)O)cc3)CC2)cc1. The maximum absolute atomic E-state index is 12.4. The predicted octanol–water partition coefficient (Wildman–Crippen LogP) is 3.05. The first kappa shape index (κ1) is 20.7. The van der Waals surface area contributed by atoms with E-state index in [-0.39, 0.29) is 17.5 Å². The molecule has 1 aliphatic rings. The molecule has 7 heteroatoms. The van der Waals surface area contributed by atoms with Crippen LogP contribution in [0.1, 0.15) is 40.4 Å². The lowest BCUT2D eigenvalue weighted by molar-refractivity contribution is 0.0664. The highest BCUT2D eigenvalue weighted by Crippen LogP contribution is 2.31. The Hall–Kier alpha value is -3.06. The van der Waals surface area contributed by atoms with E-state index in [1.165, 1.54) is 12.1 Å². The fraction of sp³-hybridized carbons (Fsp3) is 0.364. The van der Waals surface area contributed by atoms with E-state index in [0.29, 0.717) is 19.6 Å². The van der Waals surface area contributed by atoms with Crippen LogP contribution in [0.3, 0.4) is 0 Å². The average Bonchev–Trinajstić information content (AvgIpc) is 2.77. The molecule has 1 fully saturated rings. The molecule has 1 heterocycles. The van der Waals surface area contributed by atoms with Crippen molar-refractivity contribution in [3.63, 3.8) is 0 Å². The molecule has 1 saturated heterocycles. The van der Waals surface area contributed by atoms with E-state index in [1.54, 1.807) is 24.1 Å². The van der Waals surface area contributed by atoms with Crippen molar-refractivity contribution in [2.75, 3.05) is 20.2 Å². The number of aliphatic hydroxyl groups is 1. The Labute approximate surface area is 169 Å². The van der Waals surface area contributed by atoms with Gasteiger partial charge in [-0.2, -0.15) is 0 Å². The summed E-state index contributed by atoms with van der Waals surface area (Å²) in [5, 5.41) is 22.4. The van der Waals surface area contributed by atoms with E-state index in [4.69, 9.17) is 9.84 Å². The number of nitrogens with one attached hydrogen (secondary N) is 1. The summed E-state index contributed by atoms with van der Waals surface area (Å²) in [6.45, 7) is 1.51. The third-order valence-corrected chi connectivity index (χ3v) is 5.38. The van der Waals surface area contributed by atoms with Gasteiger partial charge in [0.05, 0.1) is 18.8 Å². The van der Waals surface area contributed by atoms with E-state index in [0.717, 1.165) is 29.7 Å². The molecule has 1 aliphatic heterocycles. The van der Waals surface area contributed by atoms with Crippen molar-refractivity contribution in [2.24, 2.45) is 5.92 Å². The summed E-state index contributed by atoms with van der Waals surface area (Å²) in [5.74, 6) is -0.110. The summed E-state index contributed by atoms with van der Waals surface area (Å²) in [6.07, 6.45) is 0.904. The van der Waals surface area contributed by atoms with Crippen molar-refractivity contribution in [3.8, 4) is 5.75 Å². The highest BCUT2D eigenvalue weighted by Gasteiger charge is 2.28. The fourth-order valence-electron chi connectivity index (χ4n) is 3.55. The highest BCUT2D eigenvalue weighted by atomic mass is 16.5. The Bertz CT molecular complexity index is 827. The van der Waals surface area contributed by atoms with Crippen LogP contribution in [0.2, 0.25) is 0 Å². The van der Waals surface area contributed by atoms with E-state index < -0.39 is 12.1 Å². The zero-order chi connectivity index (χ0) is 20.8. The number of urea groups is 1. The van der Waals surface area contributed by atoms with Crippen molar-refractivity contribution < 1.29 is 24.5 Å². The van der Waals surface area contributed by atoms with E-state index in [2.05, 4.69) is 5.32 Å². The van der Waals surface area contributed by atoms with Crippen LogP contribution in [0, 0.1) is 5.92 Å². The molecule has 0 saturated carbocycles. The highest BCUT2D eigenvalue weighted by molar-refractivity contribution is 5.87. The van der Waals surface area contributed by atoms with Crippen LogP contribution in [0.15, 0.2) is 48.5 Å². The Morgan fingerprint density at radius 1 is 1.10 bits per heavy atom. The molecule has 3 N–H and O–H groups in total. The van der Waals surface area contributed by atoms with Gasteiger partial charge in [0.25, 0.3) is 0 Å². The minimum Gasteiger partial charge on any atom is -0.497 e. The number of rotatable bonds is 6. The first-order valence-corrected chi connectivity index (χ1v) is 9.65. The molecule has 0 aliphatic carbocycles. The maximum Gasteiger partial charge on any atom is 0.335 e. The van der Waals surface area contributed by atoms with Gasteiger partial charge in [-0.15, -0.1) is 0 Å². The lowest BCUT2D eigenvalue weighted by Crippen LogP contribution is -2.44. The number of nitrogens with zero attached hydrogens (tertiary/aromatic N) is 1. The molecular formula is C22H26N2O5. The molecule has 1 unspecified atom stereocenters. The molecule has 1 atom stereocenters. The van der Waals surface area contributed by atoms with Crippen LogP contribution in [-0.2, 0) is 6.54 Å². The van der Waals surface area contributed by atoms with Crippen LogP contribution in [0.5, 0.6) is 5.75 Å². The van der Waals surface area contributed by atoms with Gasteiger partial charge in [0, 0.05) is 19.6 Å². The monoisotopic (exact) mass is 398 g/mol. The second kappa shape index (κ2) is 9.43. The zero-order valence-corrected chi connectivity index (χ0v) is 16.4. The van der Waals surface area contributed by atoms with Crippen molar-refractivity contribution >= 4 is 12.0 Å². The molecule has 0 aromatic heterocycles. The number of amides is 2. The number of hydrogen-bond donors (Lipinski definition) is 3. The number of aliphatic hydroxyl groups excluding tert-OH is 1. The molecule has 2 amide bonds. The molecule has 0 radical (unpaired) electrons. The van der Waals surface area contributed by atoms with Crippen LogP contribution < -0.4 is 10.1 Å². The average molecular weight is 398 g/mol. The largest absolute Gasteiger partial charge is 0.497 e. The summed E-state index contributed by atoms with van der Waals surface area (Å²) in [5.41, 5.74) is 1.92. The zero-order valence-electron chi connectivity index (χ0n) is 16.4. The minimum atomic E-state index is -0.972. The molecule has 0 bridgehead atoms. The molecule has 2 aromatic rings. The van der Waals surface area contributed by atoms with E-state index in [9.17, 15) is 14.7 Å². The van der Waals surface area contributed by atoms with E-state index in [1.807, 2.05) is 24.3 Å². The summed E-state index contributed by atoms with van der Waals surface area (Å²) < 4.78 is 5.15. The first-order valence-electron chi connectivity index (χ1n) is 9.65. The molecule has 3 rings (SSSR count). The van der Waals surface area contributed by atoms with E-state index >= 15 is 0 Å². The first-order chi connectivity index (χ1) is 14.0. The van der Waals surface area contributed by atoms with Gasteiger partial charge in [0.15, 0.2) is 0 Å². The summed E-state index contributed by atoms with van der Waals surface area (Å²) in [7, 11) is 1.61. The molecule has 154 valence electrons. The van der Waals surface area contributed by atoms with Gasteiger partial charge < -0.3 is 25.2 Å². The number of likely N-dealkylation sites (tertiary alicyclic amines) is 1. The molecule has 29 heavy (non-hydrogen) atoms. The van der Waals surface area contributed by atoms with Gasteiger partial charge in [-0.1, -0.05) is 24.3 Å². The minimum absolute atomic E-state index is 0.107. The van der Waals surface area contributed by atoms with Crippen LogP contribution in [0.4, 0.5) is 4.79 Å². The third-order valence-electron chi connectivity index (χ3n) is 5.38. The Morgan fingerprint density at radius 2 is 1.72 bits per heavy atom. The number of aromatic carboxylic acids is 1. The van der Waals surface area contributed by atoms with Gasteiger partial charge in [-0.3, -0.25) is 0 Å². The molecule has 2 aromatic carbocycles. The second-order valence-electron chi connectivity index (χ2n) is 7.20. The number of carbonyl (C=O) groups is 2. The fourth-order valence-corrected chi connectivity index (χ4v) is 3.55. The summed E-state index contributed by atoms with van der Waals surface area (Å²) in [4.78, 5) is 25.0. The number of piperidine rings is 1. The van der Waals surface area contributed by atoms with Crippen molar-refractivity contribution in [3.05, 3.63) is 65.2 Å². The van der Waals surface area contributed by atoms with Gasteiger partial charge in [-0.25, -0.2) is 9.59 Å². The standard InChI is InChI=1S/C22H26N2O5/c1-29-19-8-6-16(7-9-19)20(25)17-10-12-24(13-11-17)22(28)23-14-15-2-4-18(5-3-15)21(26)27/h2-9,17,20,25H,10-14H2,1H3,(H,23,28)(H,26,27). The van der Waals surface area contributed by atoms with Crippen LogP contribution in [0.25, 0.3) is 0 Å². The molecular weight excluding hydrogens is 372 g/mol. The quantitative estimate of drug-likeness (QED) is 0.695. The number of benzene rings is 2. The number of hydrogen-bond acceptors (Lipinski definition) is 4. The van der Waals surface area contributed by atoms with Crippen LogP contribution in [-0.4, -0.2) is 47.3 Å². The summed E-state index contributed by atoms with van der Waals surface area (Å²) >= 11 is 0. The van der Waals surface area contributed by atoms with Crippen LogP contribution >= 0.6 is 0 Å². The summed E-state index contributed by atoms with van der Waals surface area (Å²) in [6, 6.07) is 13.7. The molecule has 0 spiro atoms. The Kier molecular flexibility index (Phi) is 6.72. The number of methoxy groups -OCH3 is 1. The lowest BCUT2D eigenvalue weighted by atomic mass is 9.87. The Balaban J connectivity index is 1.46. The third kappa shape index (κ3) is 5.26. The molecule has 7 nitrogen and oxygen atoms in total. The normalized spacial score (nSPS) is 15.6. The maximum atomic E-state index is 12.4. The van der Waals surface area contributed by atoms with Crippen molar-refractivity contribution in [1.82, 2.24) is 10.2 Å². The number of ether oxygens (including phenoxy) is 1. The van der Waals surface area contributed by atoms with Gasteiger partial charge in [0.1, 0.15) is 5.75 Å². The topological polar surface area (TPSA) is 99.1 Å². The van der Waals surface area contributed by atoms with Gasteiger partial charge in [0.2, 0.25) is 0 Å². The number of carboxylic acid groups (broad SMARTS) is 1. The number of carbonyl (C=O) groups excluding carboxylic acids is 1. The van der Waals surface area contributed by atoms with Crippen molar-refractivity contribution in [2.45, 2.75) is 25.5 Å².